The number of anilines is 1. The second-order valence-electron chi connectivity index (χ2n) is 7.66. The Morgan fingerprint density at radius 2 is 1.58 bits per heavy atom. The summed E-state index contributed by atoms with van der Waals surface area (Å²) in [6.45, 7) is 3.80. The standard InChI is InChI=1S/C24H29N3O5S/c1-13(2)21(25)24(28)27-17-9-14(7-8-18(17)29-3)16-12-26-33-23(16)15-10-19(30-4)22(32-6)20(11-15)31-5/h7-13,21H,25H2,1-6H3,(H,27,28). The van der Waals surface area contributed by atoms with Crippen LogP contribution >= 0.6 is 11.5 Å². The average Bonchev–Trinajstić information content (AvgIpc) is 3.32. The first-order valence-corrected chi connectivity index (χ1v) is 11.1. The van der Waals surface area contributed by atoms with Crippen LogP contribution in [0.2, 0.25) is 0 Å². The van der Waals surface area contributed by atoms with E-state index in [9.17, 15) is 4.79 Å². The van der Waals surface area contributed by atoms with Crippen molar-refractivity contribution >= 4 is 23.1 Å². The van der Waals surface area contributed by atoms with Crippen molar-refractivity contribution in [1.29, 1.82) is 0 Å². The van der Waals surface area contributed by atoms with Crippen LogP contribution in [0.25, 0.3) is 21.6 Å². The molecule has 1 unspecified atom stereocenters. The maximum absolute atomic E-state index is 12.6. The Balaban J connectivity index is 2.06. The van der Waals surface area contributed by atoms with Gasteiger partial charge in [0, 0.05) is 17.3 Å². The summed E-state index contributed by atoms with van der Waals surface area (Å²) in [5.74, 6) is 1.90. The number of amides is 1. The van der Waals surface area contributed by atoms with Crippen molar-refractivity contribution in [2.24, 2.45) is 11.7 Å². The minimum Gasteiger partial charge on any atom is -0.495 e. The summed E-state index contributed by atoms with van der Waals surface area (Å²) in [4.78, 5) is 13.5. The van der Waals surface area contributed by atoms with Crippen LogP contribution in [-0.2, 0) is 4.79 Å². The number of carbonyl (C=O) groups is 1. The van der Waals surface area contributed by atoms with Gasteiger partial charge in [-0.25, -0.2) is 0 Å². The Hall–Kier alpha value is -3.30. The zero-order chi connectivity index (χ0) is 24.1. The molecule has 2 aromatic carbocycles. The number of benzene rings is 2. The largest absolute Gasteiger partial charge is 0.495 e. The molecular formula is C24H29N3O5S. The molecule has 0 bridgehead atoms. The van der Waals surface area contributed by atoms with Gasteiger partial charge in [0.05, 0.1) is 45.0 Å². The summed E-state index contributed by atoms with van der Waals surface area (Å²) in [6, 6.07) is 8.72. The molecule has 0 fully saturated rings. The monoisotopic (exact) mass is 471 g/mol. The fraction of sp³-hybridized carbons (Fsp3) is 0.333. The minimum absolute atomic E-state index is 0.00638. The zero-order valence-corrected chi connectivity index (χ0v) is 20.4. The first-order chi connectivity index (χ1) is 15.8. The zero-order valence-electron chi connectivity index (χ0n) is 19.6. The predicted octanol–water partition coefficient (Wildman–Crippen LogP) is 4.43. The second-order valence-corrected chi connectivity index (χ2v) is 8.46. The van der Waals surface area contributed by atoms with Gasteiger partial charge in [-0.3, -0.25) is 4.79 Å². The highest BCUT2D eigenvalue weighted by atomic mass is 32.1. The highest BCUT2D eigenvalue weighted by molar-refractivity contribution is 7.10. The van der Waals surface area contributed by atoms with Crippen molar-refractivity contribution in [3.8, 4) is 44.6 Å². The molecule has 8 nitrogen and oxygen atoms in total. The number of rotatable bonds is 9. The molecule has 1 atom stereocenters. The molecule has 0 radical (unpaired) electrons. The molecular weight excluding hydrogens is 442 g/mol. The van der Waals surface area contributed by atoms with E-state index in [0.717, 1.165) is 21.6 Å². The SMILES string of the molecule is COc1ccc(-c2cnsc2-c2cc(OC)c(OC)c(OC)c2)cc1NC(=O)C(N)C(C)C. The first kappa shape index (κ1) is 24.3. The van der Waals surface area contributed by atoms with Crippen LogP contribution in [0.5, 0.6) is 23.0 Å². The number of nitrogens with one attached hydrogen (secondary N) is 1. The van der Waals surface area contributed by atoms with E-state index in [1.807, 2.05) is 44.2 Å². The van der Waals surface area contributed by atoms with Crippen LogP contribution in [0.4, 0.5) is 5.69 Å². The van der Waals surface area contributed by atoms with Crippen molar-refractivity contribution in [2.45, 2.75) is 19.9 Å². The van der Waals surface area contributed by atoms with E-state index in [0.29, 0.717) is 28.7 Å². The summed E-state index contributed by atoms with van der Waals surface area (Å²) in [5.41, 5.74) is 9.17. The Morgan fingerprint density at radius 3 is 2.12 bits per heavy atom. The third-order valence-corrected chi connectivity index (χ3v) is 6.14. The minimum atomic E-state index is -0.629. The number of methoxy groups -OCH3 is 4. The van der Waals surface area contributed by atoms with Crippen molar-refractivity contribution in [1.82, 2.24) is 4.37 Å². The second kappa shape index (κ2) is 10.5. The van der Waals surface area contributed by atoms with Crippen molar-refractivity contribution < 1.29 is 23.7 Å². The molecule has 0 aliphatic heterocycles. The van der Waals surface area contributed by atoms with Crippen molar-refractivity contribution in [2.75, 3.05) is 33.8 Å². The summed E-state index contributed by atoms with van der Waals surface area (Å²) < 4.78 is 26.3. The topological polar surface area (TPSA) is 105 Å². The third-order valence-electron chi connectivity index (χ3n) is 5.29. The number of carbonyl (C=O) groups excluding carboxylic acids is 1. The van der Waals surface area contributed by atoms with Crippen LogP contribution in [0.1, 0.15) is 13.8 Å². The quantitative estimate of drug-likeness (QED) is 0.475. The molecule has 9 heteroatoms. The number of hydrogen-bond donors (Lipinski definition) is 2. The highest BCUT2D eigenvalue weighted by Crippen LogP contribution is 2.45. The summed E-state index contributed by atoms with van der Waals surface area (Å²) in [7, 11) is 6.28. The van der Waals surface area contributed by atoms with Crippen LogP contribution in [0.3, 0.4) is 0 Å². The summed E-state index contributed by atoms with van der Waals surface area (Å²) >= 11 is 1.35. The molecule has 1 aromatic heterocycles. The van der Waals surface area contributed by atoms with Gasteiger partial charge in [-0.1, -0.05) is 19.9 Å². The van der Waals surface area contributed by atoms with E-state index in [2.05, 4.69) is 9.69 Å². The molecule has 0 spiro atoms. The number of ether oxygens (including phenoxy) is 4. The molecule has 0 aliphatic carbocycles. The average molecular weight is 472 g/mol. The van der Waals surface area contributed by atoms with Crippen molar-refractivity contribution in [3.05, 3.63) is 36.5 Å². The van der Waals surface area contributed by atoms with Gasteiger partial charge >= 0.3 is 0 Å². The highest BCUT2D eigenvalue weighted by Gasteiger charge is 2.21. The van der Waals surface area contributed by atoms with Gasteiger partial charge in [0.2, 0.25) is 11.7 Å². The van der Waals surface area contributed by atoms with Gasteiger partial charge in [0.15, 0.2) is 11.5 Å². The van der Waals surface area contributed by atoms with Crippen LogP contribution in [-0.4, -0.2) is 44.8 Å². The Bertz CT molecular complexity index is 1100. The molecule has 3 rings (SSSR count). The lowest BCUT2D eigenvalue weighted by molar-refractivity contribution is -0.118. The lowest BCUT2D eigenvalue weighted by Crippen LogP contribution is -2.39. The normalized spacial score (nSPS) is 11.8. The molecule has 1 heterocycles. The van der Waals surface area contributed by atoms with Gasteiger partial charge in [0.1, 0.15) is 5.75 Å². The van der Waals surface area contributed by atoms with E-state index in [1.165, 1.54) is 11.5 Å². The van der Waals surface area contributed by atoms with Gasteiger partial charge < -0.3 is 30.0 Å². The smallest absolute Gasteiger partial charge is 0.241 e. The van der Waals surface area contributed by atoms with Gasteiger partial charge in [0.25, 0.3) is 0 Å². The Morgan fingerprint density at radius 1 is 0.939 bits per heavy atom. The van der Waals surface area contributed by atoms with E-state index in [4.69, 9.17) is 24.7 Å². The molecule has 3 N–H and O–H groups in total. The van der Waals surface area contributed by atoms with E-state index < -0.39 is 6.04 Å². The van der Waals surface area contributed by atoms with Crippen LogP contribution in [0, 0.1) is 5.92 Å². The molecule has 1 amide bonds. The van der Waals surface area contributed by atoms with Crippen molar-refractivity contribution in [3.63, 3.8) is 0 Å². The first-order valence-electron chi connectivity index (χ1n) is 10.3. The molecule has 0 saturated carbocycles. The molecule has 3 aromatic rings. The van der Waals surface area contributed by atoms with E-state index in [1.54, 1.807) is 34.6 Å². The van der Waals surface area contributed by atoms with Crippen LogP contribution < -0.4 is 30.0 Å². The third kappa shape index (κ3) is 5.04. The fourth-order valence-corrected chi connectivity index (χ4v) is 4.11. The number of nitrogens with zero attached hydrogens (tertiary/aromatic N) is 1. The number of aromatic nitrogens is 1. The van der Waals surface area contributed by atoms with E-state index >= 15 is 0 Å². The van der Waals surface area contributed by atoms with Gasteiger partial charge in [-0.15, -0.1) is 0 Å². The summed E-state index contributed by atoms with van der Waals surface area (Å²) in [5, 5.41) is 2.89. The van der Waals surface area contributed by atoms with Gasteiger partial charge in [-0.05, 0) is 47.3 Å². The maximum Gasteiger partial charge on any atom is 0.241 e. The molecule has 33 heavy (non-hydrogen) atoms. The van der Waals surface area contributed by atoms with E-state index in [-0.39, 0.29) is 11.8 Å². The number of nitrogens with two attached hydrogens (primary N) is 1. The molecule has 0 aliphatic rings. The Kier molecular flexibility index (Phi) is 7.78. The Labute approximate surface area is 197 Å². The molecule has 0 saturated heterocycles. The lowest BCUT2D eigenvalue weighted by Gasteiger charge is -2.18. The maximum atomic E-state index is 12.6. The summed E-state index contributed by atoms with van der Waals surface area (Å²) in [6.07, 6.45) is 1.79. The fourth-order valence-electron chi connectivity index (χ4n) is 3.36. The molecule has 176 valence electrons. The van der Waals surface area contributed by atoms with Crippen LogP contribution in [0.15, 0.2) is 36.5 Å². The number of hydrogen-bond acceptors (Lipinski definition) is 8. The lowest BCUT2D eigenvalue weighted by atomic mass is 10.0. The van der Waals surface area contributed by atoms with Gasteiger partial charge in [-0.2, -0.15) is 4.37 Å². The predicted molar refractivity (Wildman–Crippen MR) is 131 cm³/mol.